The zero-order valence-electron chi connectivity index (χ0n) is 16.9. The van der Waals surface area contributed by atoms with Crippen LogP contribution in [0.2, 0.25) is 0 Å². The summed E-state index contributed by atoms with van der Waals surface area (Å²) in [6, 6.07) is 12.6. The van der Waals surface area contributed by atoms with Crippen molar-refractivity contribution in [1.82, 2.24) is 15.3 Å². The lowest BCUT2D eigenvalue weighted by Gasteiger charge is -2.23. The monoisotopic (exact) mass is 407 g/mol. The number of hydrogen-bond donors (Lipinski definition) is 2. The van der Waals surface area contributed by atoms with E-state index in [-0.39, 0.29) is 11.6 Å². The van der Waals surface area contributed by atoms with Gasteiger partial charge in [-0.15, -0.1) is 11.3 Å². The molecule has 150 valence electrons. The lowest BCUT2D eigenvalue weighted by atomic mass is 9.95. The number of hydrogen-bond acceptors (Lipinski definition) is 5. The SMILES string of the molecule is CCc1ccc([C@H](NCc2nc3scc(-c4ccco4)c3c(=O)[nH]2)C(C)C)cc1. The second kappa shape index (κ2) is 8.35. The van der Waals surface area contributed by atoms with Gasteiger partial charge in [-0.3, -0.25) is 4.79 Å². The molecule has 0 fully saturated rings. The number of rotatable bonds is 7. The molecule has 6 heteroatoms. The average Bonchev–Trinajstić information content (AvgIpc) is 3.38. The third kappa shape index (κ3) is 4.04. The molecule has 0 saturated carbocycles. The number of nitrogens with one attached hydrogen (secondary N) is 2. The molecule has 4 rings (SSSR count). The van der Waals surface area contributed by atoms with Crippen molar-refractivity contribution in [3.05, 3.63) is 75.3 Å². The summed E-state index contributed by atoms with van der Waals surface area (Å²) >= 11 is 1.46. The van der Waals surface area contributed by atoms with Crippen molar-refractivity contribution < 1.29 is 4.42 Å². The third-order valence-electron chi connectivity index (χ3n) is 5.18. The van der Waals surface area contributed by atoms with E-state index in [1.807, 2.05) is 17.5 Å². The zero-order valence-corrected chi connectivity index (χ0v) is 17.7. The first-order valence-corrected chi connectivity index (χ1v) is 10.8. The lowest BCUT2D eigenvalue weighted by molar-refractivity contribution is 0.406. The van der Waals surface area contributed by atoms with E-state index in [1.165, 1.54) is 22.5 Å². The number of benzene rings is 1. The van der Waals surface area contributed by atoms with Crippen LogP contribution in [0.15, 0.2) is 57.3 Å². The van der Waals surface area contributed by atoms with Crippen molar-refractivity contribution in [2.24, 2.45) is 5.92 Å². The largest absolute Gasteiger partial charge is 0.464 e. The molecule has 0 radical (unpaired) electrons. The van der Waals surface area contributed by atoms with Crippen molar-refractivity contribution >= 4 is 21.6 Å². The molecule has 0 unspecified atom stereocenters. The standard InChI is InChI=1S/C23H25N3O2S/c1-4-15-7-9-16(10-8-15)21(14(2)3)24-12-19-25-22(27)20-17(13-29-23(20)26-19)18-6-5-11-28-18/h5-11,13-14,21,24H,4,12H2,1-3H3,(H,25,26,27)/t21-/m1/s1. The highest BCUT2D eigenvalue weighted by Gasteiger charge is 2.18. The predicted octanol–water partition coefficient (Wildman–Crippen LogP) is 5.29. The summed E-state index contributed by atoms with van der Waals surface area (Å²) in [5.41, 5.74) is 3.24. The van der Waals surface area contributed by atoms with Gasteiger partial charge in [-0.2, -0.15) is 0 Å². The first-order chi connectivity index (χ1) is 14.1. The molecule has 0 saturated heterocycles. The van der Waals surface area contributed by atoms with Gasteiger partial charge in [-0.1, -0.05) is 45.0 Å². The van der Waals surface area contributed by atoms with E-state index in [9.17, 15) is 4.79 Å². The van der Waals surface area contributed by atoms with Gasteiger partial charge >= 0.3 is 0 Å². The Morgan fingerprint density at radius 2 is 2.00 bits per heavy atom. The number of aryl methyl sites for hydroxylation is 1. The number of fused-ring (bicyclic) bond motifs is 1. The molecule has 3 heterocycles. The Hall–Kier alpha value is -2.70. The van der Waals surface area contributed by atoms with E-state index < -0.39 is 0 Å². The number of nitrogens with zero attached hydrogens (tertiary/aromatic N) is 1. The molecule has 0 aliphatic rings. The number of furan rings is 1. The molecule has 0 aliphatic heterocycles. The highest BCUT2D eigenvalue weighted by molar-refractivity contribution is 7.17. The van der Waals surface area contributed by atoms with Crippen molar-refractivity contribution in [1.29, 1.82) is 0 Å². The molecule has 29 heavy (non-hydrogen) atoms. The van der Waals surface area contributed by atoms with Crippen LogP contribution in [0.25, 0.3) is 21.5 Å². The van der Waals surface area contributed by atoms with Crippen LogP contribution in [0.4, 0.5) is 0 Å². The van der Waals surface area contributed by atoms with Gasteiger partial charge in [-0.05, 0) is 35.6 Å². The first-order valence-electron chi connectivity index (χ1n) is 9.93. The molecule has 3 aromatic heterocycles. The maximum atomic E-state index is 12.7. The molecule has 2 N–H and O–H groups in total. The van der Waals surface area contributed by atoms with Gasteiger partial charge in [0.15, 0.2) is 0 Å². The van der Waals surface area contributed by atoms with E-state index in [2.05, 4.69) is 60.3 Å². The Bertz CT molecular complexity index is 1140. The van der Waals surface area contributed by atoms with Gasteiger partial charge in [0.25, 0.3) is 5.56 Å². The van der Waals surface area contributed by atoms with Crippen molar-refractivity contribution in [2.45, 2.75) is 39.8 Å². The van der Waals surface area contributed by atoms with Crippen molar-refractivity contribution in [3.8, 4) is 11.3 Å². The molecule has 5 nitrogen and oxygen atoms in total. The Morgan fingerprint density at radius 3 is 2.66 bits per heavy atom. The van der Waals surface area contributed by atoms with Crippen LogP contribution in [0.1, 0.15) is 43.8 Å². The fraction of sp³-hybridized carbons (Fsp3) is 0.304. The van der Waals surface area contributed by atoms with E-state index in [0.717, 1.165) is 16.8 Å². The van der Waals surface area contributed by atoms with Gasteiger partial charge in [0.05, 0.1) is 18.2 Å². The Balaban J connectivity index is 1.57. The van der Waals surface area contributed by atoms with E-state index >= 15 is 0 Å². The van der Waals surface area contributed by atoms with Crippen molar-refractivity contribution in [2.75, 3.05) is 0 Å². The second-order valence-electron chi connectivity index (χ2n) is 7.52. The molecular weight excluding hydrogens is 382 g/mol. The summed E-state index contributed by atoms with van der Waals surface area (Å²) in [4.78, 5) is 21.1. The smallest absolute Gasteiger partial charge is 0.260 e. The molecule has 0 spiro atoms. The number of thiophene rings is 1. The summed E-state index contributed by atoms with van der Waals surface area (Å²) < 4.78 is 5.46. The van der Waals surface area contributed by atoms with E-state index in [1.54, 1.807) is 6.26 Å². The minimum absolute atomic E-state index is 0.132. The highest BCUT2D eigenvalue weighted by atomic mass is 32.1. The molecule has 0 aliphatic carbocycles. The van der Waals surface area contributed by atoms with Gasteiger partial charge in [0, 0.05) is 17.0 Å². The Labute approximate surface area is 173 Å². The normalized spacial score (nSPS) is 12.7. The lowest BCUT2D eigenvalue weighted by Crippen LogP contribution is -2.27. The second-order valence-corrected chi connectivity index (χ2v) is 8.38. The maximum absolute atomic E-state index is 12.7. The molecule has 1 atom stereocenters. The van der Waals surface area contributed by atoms with Crippen LogP contribution in [0.3, 0.4) is 0 Å². The van der Waals surface area contributed by atoms with Gasteiger partial charge in [0.2, 0.25) is 0 Å². The van der Waals surface area contributed by atoms with Gasteiger partial charge < -0.3 is 14.7 Å². The molecule has 4 aromatic rings. The maximum Gasteiger partial charge on any atom is 0.260 e. The molecular formula is C23H25N3O2S. The summed E-state index contributed by atoms with van der Waals surface area (Å²) in [6.45, 7) is 7.05. The third-order valence-corrected chi connectivity index (χ3v) is 6.06. The fourth-order valence-corrected chi connectivity index (χ4v) is 4.54. The topological polar surface area (TPSA) is 70.9 Å². The minimum Gasteiger partial charge on any atom is -0.464 e. The summed E-state index contributed by atoms with van der Waals surface area (Å²) in [5, 5.41) is 6.08. The number of H-pyrrole nitrogens is 1. The zero-order chi connectivity index (χ0) is 20.4. The van der Waals surface area contributed by atoms with Crippen molar-refractivity contribution in [3.63, 3.8) is 0 Å². The van der Waals surface area contributed by atoms with E-state index in [4.69, 9.17) is 4.42 Å². The van der Waals surface area contributed by atoms with Crippen LogP contribution in [-0.2, 0) is 13.0 Å². The van der Waals surface area contributed by atoms with Crippen LogP contribution in [0.5, 0.6) is 0 Å². The van der Waals surface area contributed by atoms with Crippen LogP contribution in [0, 0.1) is 5.92 Å². The molecule has 0 amide bonds. The van der Waals surface area contributed by atoms with Crippen LogP contribution in [-0.4, -0.2) is 9.97 Å². The fourth-order valence-electron chi connectivity index (χ4n) is 3.60. The van der Waals surface area contributed by atoms with E-state index in [0.29, 0.717) is 29.4 Å². The Kier molecular flexibility index (Phi) is 5.65. The van der Waals surface area contributed by atoms with Gasteiger partial charge in [0.1, 0.15) is 16.4 Å². The summed E-state index contributed by atoms with van der Waals surface area (Å²) in [5.74, 6) is 1.74. The van der Waals surface area contributed by atoms with Crippen LogP contribution >= 0.6 is 11.3 Å². The quantitative estimate of drug-likeness (QED) is 0.436. The first kappa shape index (κ1) is 19.6. The minimum atomic E-state index is -0.132. The number of aromatic nitrogens is 2. The van der Waals surface area contributed by atoms with Crippen LogP contribution < -0.4 is 10.9 Å². The summed E-state index contributed by atoms with van der Waals surface area (Å²) in [7, 11) is 0. The average molecular weight is 408 g/mol. The number of aromatic amines is 1. The summed E-state index contributed by atoms with van der Waals surface area (Å²) in [6.07, 6.45) is 2.64. The molecule has 0 bridgehead atoms. The predicted molar refractivity (Wildman–Crippen MR) is 118 cm³/mol. The Morgan fingerprint density at radius 1 is 1.21 bits per heavy atom. The molecule has 1 aromatic carbocycles. The highest BCUT2D eigenvalue weighted by Crippen LogP contribution is 2.31. The van der Waals surface area contributed by atoms with Gasteiger partial charge in [-0.25, -0.2) is 4.98 Å².